The molecule has 1 nitrogen and oxygen atoms in total. The fourth-order valence-corrected chi connectivity index (χ4v) is 3.76. The summed E-state index contributed by atoms with van der Waals surface area (Å²) < 4.78 is 0. The van der Waals surface area contributed by atoms with Crippen molar-refractivity contribution in [1.82, 2.24) is 4.98 Å². The standard InChI is InChI=1S/C27H25N/c1-19-14-15-25(20(2)16-19)27-26(23-12-8-5-9-13-23)18-24(21(3)28-27)17-22-10-6-4-7-11-22/h4-16,18H,17H2,1-3H3. The second-order valence-electron chi connectivity index (χ2n) is 7.48. The van der Waals surface area contributed by atoms with Crippen LogP contribution < -0.4 is 0 Å². The molecule has 0 unspecified atom stereocenters. The molecule has 0 N–H and O–H groups in total. The lowest BCUT2D eigenvalue weighted by atomic mass is 9.92. The molecule has 0 radical (unpaired) electrons. The van der Waals surface area contributed by atoms with E-state index in [9.17, 15) is 0 Å². The number of pyridine rings is 1. The number of rotatable bonds is 4. The summed E-state index contributed by atoms with van der Waals surface area (Å²) in [4.78, 5) is 5.11. The lowest BCUT2D eigenvalue weighted by Gasteiger charge is -2.16. The fraction of sp³-hybridized carbons (Fsp3) is 0.148. The molecule has 0 saturated heterocycles. The summed E-state index contributed by atoms with van der Waals surface area (Å²) in [7, 11) is 0. The third-order valence-corrected chi connectivity index (χ3v) is 5.28. The van der Waals surface area contributed by atoms with E-state index in [1.807, 2.05) is 0 Å². The van der Waals surface area contributed by atoms with Gasteiger partial charge in [0.1, 0.15) is 0 Å². The van der Waals surface area contributed by atoms with Gasteiger partial charge in [0.05, 0.1) is 5.69 Å². The van der Waals surface area contributed by atoms with E-state index in [0.29, 0.717) is 0 Å². The van der Waals surface area contributed by atoms with E-state index in [0.717, 1.165) is 17.8 Å². The molecule has 138 valence electrons. The van der Waals surface area contributed by atoms with Crippen LogP contribution >= 0.6 is 0 Å². The average molecular weight is 364 g/mol. The Bertz CT molecular complexity index is 1100. The molecule has 28 heavy (non-hydrogen) atoms. The predicted molar refractivity (Wildman–Crippen MR) is 119 cm³/mol. The largest absolute Gasteiger partial charge is 0.252 e. The summed E-state index contributed by atoms with van der Waals surface area (Å²) in [5.41, 5.74) is 10.9. The molecule has 0 fully saturated rings. The summed E-state index contributed by atoms with van der Waals surface area (Å²) in [6.45, 7) is 6.43. The van der Waals surface area contributed by atoms with Gasteiger partial charge in [-0.25, -0.2) is 0 Å². The van der Waals surface area contributed by atoms with E-state index < -0.39 is 0 Å². The van der Waals surface area contributed by atoms with Gasteiger partial charge in [-0.15, -0.1) is 0 Å². The van der Waals surface area contributed by atoms with Crippen molar-refractivity contribution in [2.45, 2.75) is 27.2 Å². The minimum atomic E-state index is 0.896. The zero-order chi connectivity index (χ0) is 19.5. The van der Waals surface area contributed by atoms with Crippen molar-refractivity contribution < 1.29 is 0 Å². The third kappa shape index (κ3) is 3.75. The number of hydrogen-bond donors (Lipinski definition) is 0. The molecule has 0 atom stereocenters. The zero-order valence-electron chi connectivity index (χ0n) is 16.7. The third-order valence-electron chi connectivity index (χ3n) is 5.28. The van der Waals surface area contributed by atoms with Crippen molar-refractivity contribution in [3.8, 4) is 22.4 Å². The van der Waals surface area contributed by atoms with Gasteiger partial charge in [-0.3, -0.25) is 4.98 Å². The SMILES string of the molecule is Cc1ccc(-c2nc(C)c(Cc3ccccc3)cc2-c2ccccc2)c(C)c1. The number of hydrogen-bond acceptors (Lipinski definition) is 1. The molecule has 0 bridgehead atoms. The quantitative estimate of drug-likeness (QED) is 0.383. The van der Waals surface area contributed by atoms with Gasteiger partial charge in [-0.05, 0) is 55.5 Å². The lowest BCUT2D eigenvalue weighted by molar-refractivity contribution is 1.08. The molecule has 4 aromatic rings. The molecule has 0 aliphatic rings. The summed E-state index contributed by atoms with van der Waals surface area (Å²) in [5, 5.41) is 0. The Morgan fingerprint density at radius 3 is 2.04 bits per heavy atom. The highest BCUT2D eigenvalue weighted by Gasteiger charge is 2.15. The van der Waals surface area contributed by atoms with E-state index in [1.165, 1.54) is 38.9 Å². The molecule has 0 aliphatic heterocycles. The lowest BCUT2D eigenvalue weighted by Crippen LogP contribution is -2.00. The van der Waals surface area contributed by atoms with Crippen molar-refractivity contribution in [2.75, 3.05) is 0 Å². The van der Waals surface area contributed by atoms with Crippen LogP contribution in [-0.4, -0.2) is 4.98 Å². The van der Waals surface area contributed by atoms with Gasteiger partial charge in [0.25, 0.3) is 0 Å². The highest BCUT2D eigenvalue weighted by Crippen LogP contribution is 2.34. The van der Waals surface area contributed by atoms with Crippen LogP contribution in [0, 0.1) is 20.8 Å². The minimum Gasteiger partial charge on any atom is -0.252 e. The van der Waals surface area contributed by atoms with Crippen LogP contribution in [0.4, 0.5) is 0 Å². The zero-order valence-corrected chi connectivity index (χ0v) is 16.7. The predicted octanol–water partition coefficient (Wildman–Crippen LogP) is 6.93. The maximum absolute atomic E-state index is 5.11. The second kappa shape index (κ2) is 7.82. The van der Waals surface area contributed by atoms with E-state index >= 15 is 0 Å². The summed E-state index contributed by atoms with van der Waals surface area (Å²) in [6.07, 6.45) is 0.896. The van der Waals surface area contributed by atoms with Gasteiger partial charge in [-0.2, -0.15) is 0 Å². The molecule has 0 amide bonds. The van der Waals surface area contributed by atoms with Crippen molar-refractivity contribution in [1.29, 1.82) is 0 Å². The first-order valence-corrected chi connectivity index (χ1v) is 9.79. The number of aromatic nitrogens is 1. The van der Waals surface area contributed by atoms with Crippen LogP contribution in [-0.2, 0) is 6.42 Å². The van der Waals surface area contributed by atoms with Crippen LogP contribution in [0.3, 0.4) is 0 Å². The molecular weight excluding hydrogens is 338 g/mol. The van der Waals surface area contributed by atoms with Gasteiger partial charge in [0, 0.05) is 16.8 Å². The van der Waals surface area contributed by atoms with E-state index in [2.05, 4.69) is 106 Å². The van der Waals surface area contributed by atoms with Crippen molar-refractivity contribution in [2.24, 2.45) is 0 Å². The van der Waals surface area contributed by atoms with Crippen LogP contribution in [0.15, 0.2) is 84.9 Å². The second-order valence-corrected chi connectivity index (χ2v) is 7.48. The Labute approximate surface area is 167 Å². The Morgan fingerprint density at radius 1 is 0.679 bits per heavy atom. The van der Waals surface area contributed by atoms with Gasteiger partial charge in [0.15, 0.2) is 0 Å². The summed E-state index contributed by atoms with van der Waals surface area (Å²) >= 11 is 0. The van der Waals surface area contributed by atoms with Gasteiger partial charge in [-0.1, -0.05) is 84.4 Å². The maximum atomic E-state index is 5.11. The van der Waals surface area contributed by atoms with Crippen LogP contribution in [0.5, 0.6) is 0 Å². The molecule has 0 saturated carbocycles. The van der Waals surface area contributed by atoms with Crippen molar-refractivity contribution in [3.63, 3.8) is 0 Å². The van der Waals surface area contributed by atoms with Crippen LogP contribution in [0.1, 0.15) is 27.9 Å². The van der Waals surface area contributed by atoms with Gasteiger partial charge < -0.3 is 0 Å². The van der Waals surface area contributed by atoms with Crippen molar-refractivity contribution >= 4 is 0 Å². The van der Waals surface area contributed by atoms with Crippen molar-refractivity contribution in [3.05, 3.63) is 113 Å². The first kappa shape index (κ1) is 18.2. The number of benzene rings is 3. The van der Waals surface area contributed by atoms with E-state index in [1.54, 1.807) is 0 Å². The smallest absolute Gasteiger partial charge is 0.0786 e. The molecule has 1 aromatic heterocycles. The monoisotopic (exact) mass is 363 g/mol. The molecule has 0 spiro atoms. The fourth-order valence-electron chi connectivity index (χ4n) is 3.76. The molecular formula is C27H25N. The Kier molecular flexibility index (Phi) is 5.08. The molecule has 0 aliphatic carbocycles. The Hall–Kier alpha value is -3.19. The van der Waals surface area contributed by atoms with Gasteiger partial charge >= 0.3 is 0 Å². The Morgan fingerprint density at radius 2 is 1.36 bits per heavy atom. The van der Waals surface area contributed by atoms with Crippen LogP contribution in [0.2, 0.25) is 0 Å². The Balaban J connectivity index is 1.89. The molecule has 1 heterocycles. The minimum absolute atomic E-state index is 0.896. The summed E-state index contributed by atoms with van der Waals surface area (Å²) in [5.74, 6) is 0. The average Bonchev–Trinajstić information content (AvgIpc) is 2.71. The molecule has 3 aromatic carbocycles. The molecule has 1 heteroatoms. The normalized spacial score (nSPS) is 10.8. The number of aryl methyl sites for hydroxylation is 3. The molecule has 4 rings (SSSR count). The first-order chi connectivity index (χ1) is 13.6. The van der Waals surface area contributed by atoms with E-state index in [-0.39, 0.29) is 0 Å². The topological polar surface area (TPSA) is 12.9 Å². The highest BCUT2D eigenvalue weighted by atomic mass is 14.7. The van der Waals surface area contributed by atoms with Gasteiger partial charge in [0.2, 0.25) is 0 Å². The van der Waals surface area contributed by atoms with E-state index in [4.69, 9.17) is 4.98 Å². The maximum Gasteiger partial charge on any atom is 0.0786 e. The van der Waals surface area contributed by atoms with Crippen LogP contribution in [0.25, 0.3) is 22.4 Å². The number of nitrogens with zero attached hydrogens (tertiary/aromatic N) is 1. The highest BCUT2D eigenvalue weighted by molar-refractivity contribution is 5.83. The summed E-state index contributed by atoms with van der Waals surface area (Å²) in [6, 6.07) is 30.2. The first-order valence-electron chi connectivity index (χ1n) is 9.79.